The minimum Gasteiger partial charge on any atom is -0.469 e. The van der Waals surface area contributed by atoms with Gasteiger partial charge in [0.1, 0.15) is 0 Å². The molecule has 0 aromatic rings. The zero-order valence-electron chi connectivity index (χ0n) is 8.67. The Balaban J connectivity index is 2.88. The fraction of sp³-hybridized carbons (Fsp3) is 0.875. The van der Waals surface area contributed by atoms with Gasteiger partial charge in [0.05, 0.1) is 13.0 Å². The predicted octanol–water partition coefficient (Wildman–Crippen LogP) is -0.362. The second kappa shape index (κ2) is 3.43. The van der Waals surface area contributed by atoms with E-state index in [-0.39, 0.29) is 0 Å². The van der Waals surface area contributed by atoms with Crippen LogP contribution in [0.4, 0.5) is 0 Å². The Hall–Kier alpha value is -0.660. The van der Waals surface area contributed by atoms with Gasteiger partial charge in [-0.25, -0.2) is 0 Å². The van der Waals surface area contributed by atoms with Crippen molar-refractivity contribution in [1.82, 2.24) is 0 Å². The van der Waals surface area contributed by atoms with Crippen LogP contribution >= 0.6 is 0 Å². The van der Waals surface area contributed by atoms with Gasteiger partial charge in [0.15, 0.2) is 5.44 Å². The van der Waals surface area contributed by atoms with Crippen LogP contribution in [0, 0.1) is 17.3 Å². The highest BCUT2D eigenvalue weighted by molar-refractivity contribution is 7.86. The molecule has 0 radical (unpaired) electrons. The van der Waals surface area contributed by atoms with Gasteiger partial charge in [0.25, 0.3) is 10.1 Å². The molecule has 1 aliphatic carbocycles. The molecule has 0 amide bonds. The number of aliphatic hydroxyl groups is 1. The van der Waals surface area contributed by atoms with E-state index < -0.39 is 38.8 Å². The Morgan fingerprint density at radius 2 is 1.93 bits per heavy atom. The van der Waals surface area contributed by atoms with Crippen molar-refractivity contribution in [2.45, 2.75) is 19.3 Å². The quantitative estimate of drug-likeness (QED) is 0.514. The van der Waals surface area contributed by atoms with Crippen LogP contribution in [0.5, 0.6) is 0 Å². The Morgan fingerprint density at radius 1 is 1.47 bits per heavy atom. The molecule has 3 atom stereocenters. The molecule has 1 rings (SSSR count). The third-order valence-electron chi connectivity index (χ3n) is 2.98. The molecule has 88 valence electrons. The molecule has 0 heterocycles. The molecule has 7 heteroatoms. The Kier molecular flexibility index (Phi) is 2.84. The van der Waals surface area contributed by atoms with E-state index in [4.69, 9.17) is 4.55 Å². The zero-order valence-corrected chi connectivity index (χ0v) is 9.48. The lowest BCUT2D eigenvalue weighted by molar-refractivity contribution is -0.143. The van der Waals surface area contributed by atoms with E-state index in [2.05, 4.69) is 4.74 Å². The van der Waals surface area contributed by atoms with Gasteiger partial charge >= 0.3 is 5.97 Å². The molecule has 0 aliphatic heterocycles. The number of methoxy groups -OCH3 is 1. The van der Waals surface area contributed by atoms with E-state index in [1.54, 1.807) is 13.8 Å². The summed E-state index contributed by atoms with van der Waals surface area (Å²) in [6.07, 6.45) is 0. The maximum Gasteiger partial charge on any atom is 0.309 e. The van der Waals surface area contributed by atoms with E-state index in [0.717, 1.165) is 0 Å². The summed E-state index contributed by atoms with van der Waals surface area (Å²) < 4.78 is 34.6. The molecule has 6 nitrogen and oxygen atoms in total. The van der Waals surface area contributed by atoms with Crippen LogP contribution in [0.1, 0.15) is 13.8 Å². The summed E-state index contributed by atoms with van der Waals surface area (Å²) in [5.74, 6) is -2.09. The molecule has 0 bridgehead atoms. The minimum atomic E-state index is -4.54. The van der Waals surface area contributed by atoms with Gasteiger partial charge in [-0.1, -0.05) is 13.8 Å². The first-order chi connectivity index (χ1) is 6.64. The SMILES string of the molecule is COC(=O)[C@H]1[C@H](C(O)S(=O)(=O)O)C1(C)C. The van der Waals surface area contributed by atoms with E-state index in [9.17, 15) is 18.3 Å². The highest BCUT2D eigenvalue weighted by atomic mass is 32.2. The summed E-state index contributed by atoms with van der Waals surface area (Å²) >= 11 is 0. The Labute approximate surface area is 88.0 Å². The van der Waals surface area contributed by atoms with Crippen LogP contribution in [0.25, 0.3) is 0 Å². The predicted molar refractivity (Wildman–Crippen MR) is 50.3 cm³/mol. The maximum absolute atomic E-state index is 11.2. The maximum atomic E-state index is 11.2. The summed E-state index contributed by atoms with van der Waals surface area (Å²) in [6.45, 7) is 3.27. The molecule has 1 fully saturated rings. The lowest BCUT2D eigenvalue weighted by Crippen LogP contribution is -2.25. The highest BCUT2D eigenvalue weighted by Gasteiger charge is 2.67. The molecule has 1 saturated carbocycles. The van der Waals surface area contributed by atoms with E-state index in [1.807, 2.05) is 0 Å². The van der Waals surface area contributed by atoms with Gasteiger partial charge in [0, 0.05) is 5.92 Å². The number of carbonyl (C=O) groups excluding carboxylic acids is 1. The third kappa shape index (κ3) is 1.99. The normalized spacial score (nSPS) is 30.7. The first kappa shape index (κ1) is 12.4. The first-order valence-corrected chi connectivity index (χ1v) is 5.86. The van der Waals surface area contributed by atoms with E-state index in [1.165, 1.54) is 7.11 Å². The molecule has 0 saturated heterocycles. The minimum absolute atomic E-state index is 0.576. The van der Waals surface area contributed by atoms with E-state index in [0.29, 0.717) is 0 Å². The number of ether oxygens (including phenoxy) is 1. The monoisotopic (exact) mass is 238 g/mol. The number of rotatable bonds is 3. The molecular formula is C8H14O6S. The van der Waals surface area contributed by atoms with Gasteiger partial charge in [-0.05, 0) is 5.41 Å². The Bertz CT molecular complexity index is 371. The standard InChI is InChI=1S/C8H14O6S/c1-8(2)4(6(9)14-3)5(8)7(10)15(11,12)13/h4-5,7,10H,1-3H3,(H,11,12,13)/t4-,5-,7?/m1/s1. The average molecular weight is 238 g/mol. The molecule has 0 aromatic heterocycles. The number of aliphatic hydroxyl groups excluding tert-OH is 1. The van der Waals surface area contributed by atoms with Crippen LogP contribution in [0.15, 0.2) is 0 Å². The lowest BCUT2D eigenvalue weighted by atomic mass is 10.1. The molecule has 0 aromatic carbocycles. The summed E-state index contributed by atoms with van der Waals surface area (Å²) in [5, 5.41) is 9.33. The van der Waals surface area contributed by atoms with Crippen molar-refractivity contribution in [3.05, 3.63) is 0 Å². The molecule has 15 heavy (non-hydrogen) atoms. The fourth-order valence-corrected chi connectivity index (χ4v) is 2.85. The molecule has 0 spiro atoms. The largest absolute Gasteiger partial charge is 0.469 e. The van der Waals surface area contributed by atoms with Crippen molar-refractivity contribution < 1.29 is 27.6 Å². The second-order valence-corrected chi connectivity index (χ2v) is 5.77. The number of hydrogen-bond acceptors (Lipinski definition) is 5. The molecular weight excluding hydrogens is 224 g/mol. The first-order valence-electron chi connectivity index (χ1n) is 4.36. The van der Waals surface area contributed by atoms with Gasteiger partial charge in [0.2, 0.25) is 0 Å². The third-order valence-corrected chi connectivity index (χ3v) is 3.88. The molecule has 1 aliphatic rings. The van der Waals surface area contributed by atoms with Gasteiger partial charge in [-0.3, -0.25) is 9.35 Å². The van der Waals surface area contributed by atoms with E-state index >= 15 is 0 Å². The van der Waals surface area contributed by atoms with Crippen LogP contribution in [0.2, 0.25) is 0 Å². The number of hydrogen-bond donors (Lipinski definition) is 2. The van der Waals surface area contributed by atoms with Crippen LogP contribution in [-0.4, -0.2) is 36.6 Å². The van der Waals surface area contributed by atoms with Crippen LogP contribution in [-0.2, 0) is 19.6 Å². The number of esters is 1. The highest BCUT2D eigenvalue weighted by Crippen LogP contribution is 2.60. The summed E-state index contributed by atoms with van der Waals surface area (Å²) in [6, 6.07) is 0. The van der Waals surface area contributed by atoms with Crippen LogP contribution < -0.4 is 0 Å². The summed E-state index contributed by atoms with van der Waals surface area (Å²) in [7, 11) is -3.35. The van der Waals surface area contributed by atoms with Gasteiger partial charge < -0.3 is 9.84 Å². The number of carbonyl (C=O) groups is 1. The van der Waals surface area contributed by atoms with Crippen molar-refractivity contribution in [2.24, 2.45) is 17.3 Å². The van der Waals surface area contributed by atoms with Gasteiger partial charge in [-0.15, -0.1) is 0 Å². The van der Waals surface area contributed by atoms with Gasteiger partial charge in [-0.2, -0.15) is 8.42 Å². The Morgan fingerprint density at radius 3 is 2.27 bits per heavy atom. The van der Waals surface area contributed by atoms with Crippen molar-refractivity contribution in [1.29, 1.82) is 0 Å². The fourth-order valence-electron chi connectivity index (χ4n) is 1.97. The smallest absolute Gasteiger partial charge is 0.309 e. The van der Waals surface area contributed by atoms with Crippen LogP contribution in [0.3, 0.4) is 0 Å². The summed E-state index contributed by atoms with van der Waals surface area (Å²) in [5.41, 5.74) is -2.61. The lowest BCUT2D eigenvalue weighted by Gasteiger charge is -2.07. The molecule has 2 N–H and O–H groups in total. The van der Waals surface area contributed by atoms with Crippen molar-refractivity contribution in [3.63, 3.8) is 0 Å². The topological polar surface area (TPSA) is 101 Å². The second-order valence-electron chi connectivity index (χ2n) is 4.25. The van der Waals surface area contributed by atoms with Crippen molar-refractivity contribution >= 4 is 16.1 Å². The average Bonchev–Trinajstić information content (AvgIpc) is 2.64. The van der Waals surface area contributed by atoms with Crippen molar-refractivity contribution in [3.8, 4) is 0 Å². The van der Waals surface area contributed by atoms with Crippen molar-refractivity contribution in [2.75, 3.05) is 7.11 Å². The zero-order chi connectivity index (χ0) is 12.0. The molecule has 1 unspecified atom stereocenters. The summed E-state index contributed by atoms with van der Waals surface area (Å²) in [4.78, 5) is 11.2.